The Kier molecular flexibility index (Phi) is 4.97. The largest absolute Gasteiger partial charge is 0.494 e. The van der Waals surface area contributed by atoms with Gasteiger partial charge in [0.2, 0.25) is 0 Å². The molecule has 0 aromatic heterocycles. The van der Waals surface area contributed by atoms with Gasteiger partial charge in [-0.05, 0) is 25.0 Å². The van der Waals surface area contributed by atoms with Crippen LogP contribution in [0.4, 0.5) is 0 Å². The van der Waals surface area contributed by atoms with Gasteiger partial charge >= 0.3 is 5.97 Å². The van der Waals surface area contributed by atoms with Gasteiger partial charge in [0.05, 0.1) is 6.61 Å². The molecule has 0 saturated carbocycles. The van der Waals surface area contributed by atoms with E-state index in [-0.39, 0.29) is 5.92 Å². The third-order valence-electron chi connectivity index (χ3n) is 2.33. The quantitative estimate of drug-likeness (QED) is 0.628. The summed E-state index contributed by atoms with van der Waals surface area (Å²) in [6.07, 6.45) is 0. The third kappa shape index (κ3) is 4.07. The Balaban J connectivity index is 2.68. The summed E-state index contributed by atoms with van der Waals surface area (Å²) in [6, 6.07) is 6.35. The molecule has 0 heterocycles. The first-order chi connectivity index (χ1) is 8.04. The van der Waals surface area contributed by atoms with E-state index < -0.39 is 12.0 Å². The van der Waals surface area contributed by atoms with Crippen molar-refractivity contribution in [2.24, 2.45) is 11.7 Å². The zero-order valence-electron chi connectivity index (χ0n) is 10.5. The van der Waals surface area contributed by atoms with Gasteiger partial charge in [0, 0.05) is 6.07 Å². The van der Waals surface area contributed by atoms with E-state index in [0.717, 1.165) is 0 Å². The second-order valence-electron chi connectivity index (χ2n) is 4.10. The topological polar surface area (TPSA) is 61.5 Å². The highest BCUT2D eigenvalue weighted by molar-refractivity contribution is 5.78. The molecule has 4 heteroatoms. The molecule has 0 aliphatic rings. The lowest BCUT2D eigenvalue weighted by Gasteiger charge is -2.14. The summed E-state index contributed by atoms with van der Waals surface area (Å²) in [5.41, 5.74) is 5.70. The lowest BCUT2D eigenvalue weighted by Crippen LogP contribution is -2.38. The first-order valence-corrected chi connectivity index (χ1v) is 5.74. The van der Waals surface area contributed by atoms with E-state index in [1.54, 1.807) is 18.2 Å². The van der Waals surface area contributed by atoms with Crippen molar-refractivity contribution in [2.45, 2.75) is 26.8 Å². The number of hydrogen-bond acceptors (Lipinski definition) is 4. The summed E-state index contributed by atoms with van der Waals surface area (Å²) in [5.74, 6) is 0.763. The number of rotatable bonds is 5. The van der Waals surface area contributed by atoms with Crippen LogP contribution in [0, 0.1) is 5.92 Å². The van der Waals surface area contributed by atoms with Crippen LogP contribution >= 0.6 is 0 Å². The fourth-order valence-corrected chi connectivity index (χ4v) is 1.25. The molecule has 1 unspecified atom stereocenters. The Labute approximate surface area is 102 Å². The molecule has 1 rings (SSSR count). The molecular formula is C13H19NO3. The fraction of sp³-hybridized carbons (Fsp3) is 0.462. The molecule has 4 nitrogen and oxygen atoms in total. The van der Waals surface area contributed by atoms with Crippen LogP contribution in [0.25, 0.3) is 0 Å². The van der Waals surface area contributed by atoms with Gasteiger partial charge < -0.3 is 15.2 Å². The SMILES string of the molecule is CCOc1cccc(OC(=O)C(N)C(C)C)c1. The van der Waals surface area contributed by atoms with Crippen molar-refractivity contribution in [1.82, 2.24) is 0 Å². The average Bonchev–Trinajstić information content (AvgIpc) is 2.28. The van der Waals surface area contributed by atoms with Gasteiger partial charge in [-0.15, -0.1) is 0 Å². The van der Waals surface area contributed by atoms with E-state index in [1.807, 2.05) is 26.8 Å². The molecule has 1 aromatic carbocycles. The molecule has 2 N–H and O–H groups in total. The van der Waals surface area contributed by atoms with Crippen molar-refractivity contribution in [2.75, 3.05) is 6.61 Å². The minimum Gasteiger partial charge on any atom is -0.494 e. The van der Waals surface area contributed by atoms with E-state index in [4.69, 9.17) is 15.2 Å². The molecule has 0 amide bonds. The molecule has 0 saturated heterocycles. The highest BCUT2D eigenvalue weighted by Crippen LogP contribution is 2.20. The fourth-order valence-electron chi connectivity index (χ4n) is 1.25. The standard InChI is InChI=1S/C13H19NO3/c1-4-16-10-6-5-7-11(8-10)17-13(15)12(14)9(2)3/h5-9,12H,4,14H2,1-3H3. The minimum absolute atomic E-state index is 0.0533. The lowest BCUT2D eigenvalue weighted by atomic mass is 10.1. The molecule has 17 heavy (non-hydrogen) atoms. The Morgan fingerprint density at radius 3 is 2.59 bits per heavy atom. The molecule has 0 fully saturated rings. The van der Waals surface area contributed by atoms with E-state index in [9.17, 15) is 4.79 Å². The van der Waals surface area contributed by atoms with Crippen LogP contribution in [-0.4, -0.2) is 18.6 Å². The second-order valence-corrected chi connectivity index (χ2v) is 4.10. The number of carbonyl (C=O) groups is 1. The predicted octanol–water partition coefficient (Wildman–Crippen LogP) is 1.97. The number of nitrogens with two attached hydrogens (primary N) is 1. The lowest BCUT2D eigenvalue weighted by molar-refractivity contribution is -0.136. The molecule has 1 atom stereocenters. The van der Waals surface area contributed by atoms with Gasteiger partial charge in [-0.25, -0.2) is 4.79 Å². The van der Waals surface area contributed by atoms with Crippen LogP contribution in [0.3, 0.4) is 0 Å². The average molecular weight is 237 g/mol. The summed E-state index contributed by atoms with van der Waals surface area (Å²) in [4.78, 5) is 11.6. The number of esters is 1. The van der Waals surface area contributed by atoms with Crippen LogP contribution in [0.2, 0.25) is 0 Å². The number of carbonyl (C=O) groups excluding carboxylic acids is 1. The van der Waals surface area contributed by atoms with Crippen molar-refractivity contribution < 1.29 is 14.3 Å². The van der Waals surface area contributed by atoms with Crippen molar-refractivity contribution in [3.05, 3.63) is 24.3 Å². The summed E-state index contributed by atoms with van der Waals surface area (Å²) >= 11 is 0. The van der Waals surface area contributed by atoms with Crippen LogP contribution in [-0.2, 0) is 4.79 Å². The van der Waals surface area contributed by atoms with Crippen LogP contribution < -0.4 is 15.2 Å². The Bertz CT molecular complexity index is 377. The first-order valence-electron chi connectivity index (χ1n) is 5.74. The Morgan fingerprint density at radius 2 is 2.00 bits per heavy atom. The number of benzene rings is 1. The molecule has 1 aromatic rings. The van der Waals surface area contributed by atoms with Gasteiger partial charge in [0.15, 0.2) is 0 Å². The summed E-state index contributed by atoms with van der Waals surface area (Å²) in [6.45, 7) is 6.22. The van der Waals surface area contributed by atoms with Crippen molar-refractivity contribution >= 4 is 5.97 Å². The summed E-state index contributed by atoms with van der Waals surface area (Å²) < 4.78 is 10.5. The van der Waals surface area contributed by atoms with Crippen molar-refractivity contribution in [3.63, 3.8) is 0 Å². The van der Waals surface area contributed by atoms with E-state index >= 15 is 0 Å². The third-order valence-corrected chi connectivity index (χ3v) is 2.33. The highest BCUT2D eigenvalue weighted by Gasteiger charge is 2.19. The molecule has 0 radical (unpaired) electrons. The van der Waals surface area contributed by atoms with Gasteiger partial charge in [-0.2, -0.15) is 0 Å². The highest BCUT2D eigenvalue weighted by atomic mass is 16.5. The molecule has 0 aliphatic carbocycles. The van der Waals surface area contributed by atoms with Gasteiger partial charge in [-0.1, -0.05) is 19.9 Å². The van der Waals surface area contributed by atoms with Gasteiger partial charge in [-0.3, -0.25) is 0 Å². The predicted molar refractivity (Wildman–Crippen MR) is 66.1 cm³/mol. The second kappa shape index (κ2) is 6.25. The van der Waals surface area contributed by atoms with Gasteiger partial charge in [0.1, 0.15) is 17.5 Å². The minimum atomic E-state index is -0.606. The zero-order valence-corrected chi connectivity index (χ0v) is 10.5. The molecular weight excluding hydrogens is 218 g/mol. The Morgan fingerprint density at radius 1 is 1.35 bits per heavy atom. The summed E-state index contributed by atoms with van der Waals surface area (Å²) in [5, 5.41) is 0. The van der Waals surface area contributed by atoms with Gasteiger partial charge in [0.25, 0.3) is 0 Å². The Hall–Kier alpha value is -1.55. The zero-order chi connectivity index (χ0) is 12.8. The number of ether oxygens (including phenoxy) is 2. The molecule has 0 aliphatic heterocycles. The van der Waals surface area contributed by atoms with Crippen molar-refractivity contribution in [3.8, 4) is 11.5 Å². The first kappa shape index (κ1) is 13.5. The summed E-state index contributed by atoms with van der Waals surface area (Å²) in [7, 11) is 0. The molecule has 0 spiro atoms. The molecule has 94 valence electrons. The van der Waals surface area contributed by atoms with Crippen molar-refractivity contribution in [1.29, 1.82) is 0 Å². The smallest absolute Gasteiger partial charge is 0.328 e. The monoisotopic (exact) mass is 237 g/mol. The van der Waals surface area contributed by atoms with E-state index in [0.29, 0.717) is 18.1 Å². The van der Waals surface area contributed by atoms with E-state index in [1.165, 1.54) is 0 Å². The molecule has 0 bridgehead atoms. The van der Waals surface area contributed by atoms with Crippen LogP contribution in [0.1, 0.15) is 20.8 Å². The maximum Gasteiger partial charge on any atom is 0.328 e. The number of hydrogen-bond donors (Lipinski definition) is 1. The van der Waals surface area contributed by atoms with Crippen LogP contribution in [0.5, 0.6) is 11.5 Å². The maximum atomic E-state index is 11.6. The van der Waals surface area contributed by atoms with Crippen LogP contribution in [0.15, 0.2) is 24.3 Å². The maximum absolute atomic E-state index is 11.6. The van der Waals surface area contributed by atoms with E-state index in [2.05, 4.69) is 0 Å². The normalized spacial score (nSPS) is 12.3.